The van der Waals surface area contributed by atoms with E-state index in [1.54, 1.807) is 21.9 Å². The maximum absolute atomic E-state index is 12.4. The van der Waals surface area contributed by atoms with E-state index in [0.29, 0.717) is 26.2 Å². The van der Waals surface area contributed by atoms with Crippen LogP contribution in [0.4, 0.5) is 5.69 Å². The molecule has 0 aliphatic carbocycles. The van der Waals surface area contributed by atoms with E-state index in [1.807, 2.05) is 0 Å². The van der Waals surface area contributed by atoms with Crippen LogP contribution in [-0.2, 0) is 0 Å². The Hall–Kier alpha value is -2.39. The van der Waals surface area contributed by atoms with E-state index in [-0.39, 0.29) is 32.5 Å². The zero-order valence-electron chi connectivity index (χ0n) is 12.3. The monoisotopic (exact) mass is 369 g/mol. The summed E-state index contributed by atoms with van der Waals surface area (Å²) >= 11 is 6.67. The van der Waals surface area contributed by atoms with Gasteiger partial charge in [-0.15, -0.1) is 11.3 Å². The number of halogens is 1. The topological polar surface area (TPSA) is 96.9 Å². The van der Waals surface area contributed by atoms with Gasteiger partial charge in [0.2, 0.25) is 0 Å². The van der Waals surface area contributed by atoms with Crippen molar-refractivity contribution < 1.29 is 18.9 Å². The van der Waals surface area contributed by atoms with Crippen LogP contribution in [0.3, 0.4) is 0 Å². The van der Waals surface area contributed by atoms with Crippen LogP contribution in [-0.4, -0.2) is 52.7 Å². The lowest BCUT2D eigenvalue weighted by Crippen LogP contribution is -2.50. The SMILES string of the molecule is O=C(c1ccco1)N1CCN(C(=O)c2cc([N+](=O)[O-])c(Cl)s2)CC1. The molecular weight excluding hydrogens is 358 g/mol. The molecule has 0 spiro atoms. The largest absolute Gasteiger partial charge is 0.459 e. The molecule has 24 heavy (non-hydrogen) atoms. The molecule has 0 unspecified atom stereocenters. The van der Waals surface area contributed by atoms with Crippen molar-refractivity contribution in [2.45, 2.75) is 0 Å². The van der Waals surface area contributed by atoms with E-state index in [2.05, 4.69) is 0 Å². The van der Waals surface area contributed by atoms with Gasteiger partial charge in [-0.2, -0.15) is 0 Å². The molecule has 1 aliphatic heterocycles. The number of carbonyl (C=O) groups excluding carboxylic acids is 2. The third kappa shape index (κ3) is 3.13. The smallest absolute Gasteiger partial charge is 0.299 e. The van der Waals surface area contributed by atoms with E-state index in [1.165, 1.54) is 12.3 Å². The van der Waals surface area contributed by atoms with Crippen LogP contribution in [0.25, 0.3) is 0 Å². The molecule has 126 valence electrons. The first-order valence-corrected chi connectivity index (χ1v) is 8.22. The molecule has 1 fully saturated rings. The van der Waals surface area contributed by atoms with Gasteiger partial charge in [-0.1, -0.05) is 11.6 Å². The summed E-state index contributed by atoms with van der Waals surface area (Å²) in [6.07, 6.45) is 1.43. The second-order valence-electron chi connectivity index (χ2n) is 5.09. The highest BCUT2D eigenvalue weighted by atomic mass is 35.5. The Labute approximate surface area is 145 Å². The first-order chi connectivity index (χ1) is 11.5. The number of thiophene rings is 1. The van der Waals surface area contributed by atoms with E-state index in [9.17, 15) is 19.7 Å². The molecule has 2 aromatic rings. The van der Waals surface area contributed by atoms with Gasteiger partial charge >= 0.3 is 0 Å². The van der Waals surface area contributed by atoms with Crippen LogP contribution in [0.1, 0.15) is 20.2 Å². The standard InChI is InChI=1S/C14H12ClN3O5S/c15-12-9(18(21)22)8-11(24-12)14(20)17-5-3-16(4-6-17)13(19)10-2-1-7-23-10/h1-2,7-8H,3-6H2. The summed E-state index contributed by atoms with van der Waals surface area (Å²) < 4.78 is 5.06. The minimum atomic E-state index is -0.615. The predicted octanol–water partition coefficient (Wildman–Crippen LogP) is 2.50. The summed E-state index contributed by atoms with van der Waals surface area (Å²) in [5.41, 5.74) is -0.267. The van der Waals surface area contributed by atoms with Gasteiger partial charge in [0.1, 0.15) is 4.88 Å². The Morgan fingerprint density at radius 2 is 1.83 bits per heavy atom. The van der Waals surface area contributed by atoms with Gasteiger partial charge in [0.25, 0.3) is 17.5 Å². The first-order valence-electron chi connectivity index (χ1n) is 7.03. The van der Waals surface area contributed by atoms with Crippen molar-refractivity contribution in [3.05, 3.63) is 49.6 Å². The third-order valence-corrected chi connectivity index (χ3v) is 4.99. The summed E-state index contributed by atoms with van der Waals surface area (Å²) in [5, 5.41) is 10.8. The molecule has 1 saturated heterocycles. The lowest BCUT2D eigenvalue weighted by molar-refractivity contribution is -0.384. The molecule has 0 bridgehead atoms. The number of rotatable bonds is 3. The third-order valence-electron chi connectivity index (χ3n) is 3.66. The lowest BCUT2D eigenvalue weighted by atomic mass is 10.2. The van der Waals surface area contributed by atoms with Crippen LogP contribution >= 0.6 is 22.9 Å². The molecule has 0 atom stereocenters. The van der Waals surface area contributed by atoms with Crippen molar-refractivity contribution in [1.29, 1.82) is 0 Å². The molecule has 0 N–H and O–H groups in total. The van der Waals surface area contributed by atoms with Crippen molar-refractivity contribution in [2.75, 3.05) is 26.2 Å². The van der Waals surface area contributed by atoms with Crippen molar-refractivity contribution in [2.24, 2.45) is 0 Å². The van der Waals surface area contributed by atoms with Gasteiger partial charge < -0.3 is 14.2 Å². The fraction of sp³-hybridized carbons (Fsp3) is 0.286. The van der Waals surface area contributed by atoms with Crippen molar-refractivity contribution in [1.82, 2.24) is 9.80 Å². The Morgan fingerprint density at radius 1 is 1.21 bits per heavy atom. The summed E-state index contributed by atoms with van der Waals surface area (Å²) in [6.45, 7) is 1.42. The number of amides is 2. The van der Waals surface area contributed by atoms with Crippen LogP contribution < -0.4 is 0 Å². The fourth-order valence-electron chi connectivity index (χ4n) is 2.41. The highest BCUT2D eigenvalue weighted by molar-refractivity contribution is 7.18. The van der Waals surface area contributed by atoms with Crippen molar-refractivity contribution in [3.63, 3.8) is 0 Å². The Kier molecular flexibility index (Phi) is 4.54. The maximum atomic E-state index is 12.4. The predicted molar refractivity (Wildman–Crippen MR) is 86.5 cm³/mol. The molecule has 8 nitrogen and oxygen atoms in total. The van der Waals surface area contributed by atoms with Gasteiger partial charge in [-0.05, 0) is 12.1 Å². The van der Waals surface area contributed by atoms with Gasteiger partial charge in [-0.3, -0.25) is 19.7 Å². The fourth-order valence-corrected chi connectivity index (χ4v) is 3.60. The molecule has 0 aromatic carbocycles. The Morgan fingerprint density at radius 3 is 2.33 bits per heavy atom. The molecule has 2 aromatic heterocycles. The number of nitro groups is 1. The average molecular weight is 370 g/mol. The van der Waals surface area contributed by atoms with Crippen molar-refractivity contribution in [3.8, 4) is 0 Å². The normalized spacial score (nSPS) is 14.7. The van der Waals surface area contributed by atoms with Crippen LogP contribution in [0.15, 0.2) is 28.9 Å². The van der Waals surface area contributed by atoms with Crippen LogP contribution in [0, 0.1) is 10.1 Å². The first kappa shape index (κ1) is 16.5. The number of hydrogen-bond acceptors (Lipinski definition) is 6. The molecule has 1 aliphatic rings. The van der Waals surface area contributed by atoms with Gasteiger partial charge in [-0.25, -0.2) is 0 Å². The molecule has 0 radical (unpaired) electrons. The minimum absolute atomic E-state index is 0.0185. The zero-order valence-corrected chi connectivity index (χ0v) is 13.9. The molecule has 2 amide bonds. The van der Waals surface area contributed by atoms with Crippen molar-refractivity contribution >= 4 is 40.4 Å². The number of piperazine rings is 1. The Balaban J connectivity index is 1.64. The second kappa shape index (κ2) is 6.62. The van der Waals surface area contributed by atoms with Crippen LogP contribution in [0.2, 0.25) is 4.34 Å². The molecule has 3 rings (SSSR count). The van der Waals surface area contributed by atoms with E-state index in [0.717, 1.165) is 11.3 Å². The summed E-state index contributed by atoms with van der Waals surface area (Å²) in [7, 11) is 0. The summed E-state index contributed by atoms with van der Waals surface area (Å²) in [5.74, 6) is -0.280. The quantitative estimate of drug-likeness (QED) is 0.611. The summed E-state index contributed by atoms with van der Waals surface area (Å²) in [4.78, 5) is 38.2. The molecule has 3 heterocycles. The lowest BCUT2D eigenvalue weighted by Gasteiger charge is -2.34. The maximum Gasteiger partial charge on any atom is 0.299 e. The number of furan rings is 1. The summed E-state index contributed by atoms with van der Waals surface area (Å²) in [6, 6.07) is 4.42. The Bertz CT molecular complexity index is 780. The number of hydrogen-bond donors (Lipinski definition) is 0. The highest BCUT2D eigenvalue weighted by Gasteiger charge is 2.29. The van der Waals surface area contributed by atoms with Gasteiger partial charge in [0.05, 0.1) is 11.2 Å². The average Bonchev–Trinajstić information content (AvgIpc) is 3.23. The van der Waals surface area contributed by atoms with E-state index in [4.69, 9.17) is 16.0 Å². The molecule has 10 heteroatoms. The van der Waals surface area contributed by atoms with Gasteiger partial charge in [0, 0.05) is 32.2 Å². The number of carbonyl (C=O) groups is 2. The molecule has 0 saturated carbocycles. The minimum Gasteiger partial charge on any atom is -0.459 e. The molecular formula is C14H12ClN3O5S. The van der Waals surface area contributed by atoms with E-state index < -0.39 is 4.92 Å². The van der Waals surface area contributed by atoms with Gasteiger partial charge in [0.15, 0.2) is 10.1 Å². The highest BCUT2D eigenvalue weighted by Crippen LogP contribution is 2.34. The number of nitrogens with zero attached hydrogens (tertiary/aromatic N) is 3. The van der Waals surface area contributed by atoms with Crippen LogP contribution in [0.5, 0.6) is 0 Å². The van der Waals surface area contributed by atoms with E-state index >= 15 is 0 Å². The second-order valence-corrected chi connectivity index (χ2v) is 6.74. The zero-order chi connectivity index (χ0) is 17.3.